The van der Waals surface area contributed by atoms with Crippen LogP contribution in [0, 0.1) is 0 Å². The van der Waals surface area contributed by atoms with Crippen molar-refractivity contribution < 1.29 is 9.59 Å². The van der Waals surface area contributed by atoms with Crippen LogP contribution >= 0.6 is 12.6 Å². The lowest BCUT2D eigenvalue weighted by molar-refractivity contribution is -0.119. The van der Waals surface area contributed by atoms with Gasteiger partial charge in [-0.15, -0.1) is 0 Å². The summed E-state index contributed by atoms with van der Waals surface area (Å²) in [6, 6.07) is 3.43. The van der Waals surface area contributed by atoms with Gasteiger partial charge in [-0.25, -0.2) is 0 Å². The van der Waals surface area contributed by atoms with E-state index in [1.54, 1.807) is 18.3 Å². The Morgan fingerprint density at radius 1 is 1.28 bits per heavy atom. The molecule has 0 aliphatic rings. The molecule has 1 heterocycles. The standard InChI is InChI=1S/C13H18N2O2S/c16-12(6-3-9-18)5-2-8-15-13(17)11-4-1-7-14-10-11/h1,4,7,10,18H,2-3,5-6,8-9H2,(H,15,17). The molecular formula is C13H18N2O2S. The predicted molar refractivity (Wildman–Crippen MR) is 73.9 cm³/mol. The summed E-state index contributed by atoms with van der Waals surface area (Å²) in [5.74, 6) is 0.828. The molecule has 0 spiro atoms. The third-order valence-electron chi connectivity index (χ3n) is 2.46. The van der Waals surface area contributed by atoms with Gasteiger partial charge in [0.2, 0.25) is 0 Å². The SMILES string of the molecule is O=C(CCCS)CCCNC(=O)c1cccnc1. The highest BCUT2D eigenvalue weighted by atomic mass is 32.1. The average Bonchev–Trinajstić information content (AvgIpc) is 2.42. The number of carbonyl (C=O) groups excluding carboxylic acids is 2. The first-order chi connectivity index (χ1) is 8.74. The number of ketones is 1. The minimum absolute atomic E-state index is 0.147. The molecule has 98 valence electrons. The van der Waals surface area contributed by atoms with E-state index in [4.69, 9.17) is 0 Å². The molecule has 0 unspecified atom stereocenters. The van der Waals surface area contributed by atoms with Crippen molar-refractivity contribution in [3.05, 3.63) is 30.1 Å². The molecule has 4 nitrogen and oxygen atoms in total. The lowest BCUT2D eigenvalue weighted by atomic mass is 10.1. The molecule has 1 amide bonds. The number of rotatable bonds is 8. The summed E-state index contributed by atoms with van der Waals surface area (Å²) >= 11 is 4.06. The fourth-order valence-corrected chi connectivity index (χ4v) is 1.65. The van der Waals surface area contributed by atoms with Crippen LogP contribution < -0.4 is 5.32 Å². The topological polar surface area (TPSA) is 59.1 Å². The second-order valence-corrected chi connectivity index (χ2v) is 4.41. The van der Waals surface area contributed by atoms with E-state index in [0.717, 1.165) is 12.2 Å². The number of carbonyl (C=O) groups is 2. The van der Waals surface area contributed by atoms with Crippen LogP contribution in [-0.4, -0.2) is 29.0 Å². The molecule has 0 saturated carbocycles. The molecule has 0 aliphatic heterocycles. The van der Waals surface area contributed by atoms with E-state index in [-0.39, 0.29) is 11.7 Å². The maximum atomic E-state index is 11.6. The monoisotopic (exact) mass is 266 g/mol. The smallest absolute Gasteiger partial charge is 0.252 e. The van der Waals surface area contributed by atoms with Gasteiger partial charge in [-0.3, -0.25) is 14.6 Å². The van der Waals surface area contributed by atoms with Crippen molar-refractivity contribution in [2.45, 2.75) is 25.7 Å². The van der Waals surface area contributed by atoms with Gasteiger partial charge in [0.1, 0.15) is 5.78 Å². The molecule has 0 aromatic carbocycles. The van der Waals surface area contributed by atoms with Crippen LogP contribution in [0.4, 0.5) is 0 Å². The summed E-state index contributed by atoms with van der Waals surface area (Å²) in [6.45, 7) is 0.514. The van der Waals surface area contributed by atoms with Gasteiger partial charge in [-0.05, 0) is 30.7 Å². The molecular weight excluding hydrogens is 248 g/mol. The number of pyridine rings is 1. The van der Waals surface area contributed by atoms with Crippen molar-refractivity contribution in [3.63, 3.8) is 0 Å². The van der Waals surface area contributed by atoms with E-state index in [0.29, 0.717) is 31.4 Å². The number of aromatic nitrogens is 1. The zero-order valence-electron chi connectivity index (χ0n) is 10.3. The molecule has 0 atom stereocenters. The normalized spacial score (nSPS) is 10.1. The highest BCUT2D eigenvalue weighted by Crippen LogP contribution is 2.00. The fourth-order valence-electron chi connectivity index (χ4n) is 1.49. The molecule has 0 radical (unpaired) electrons. The second kappa shape index (κ2) is 8.69. The van der Waals surface area contributed by atoms with Crippen LogP contribution in [0.5, 0.6) is 0 Å². The van der Waals surface area contributed by atoms with Gasteiger partial charge in [-0.2, -0.15) is 12.6 Å². The summed E-state index contributed by atoms with van der Waals surface area (Å²) in [6.07, 6.45) is 5.74. The van der Waals surface area contributed by atoms with Gasteiger partial charge in [0.15, 0.2) is 0 Å². The van der Waals surface area contributed by atoms with E-state index in [1.807, 2.05) is 0 Å². The minimum atomic E-state index is -0.147. The van der Waals surface area contributed by atoms with E-state index < -0.39 is 0 Å². The average molecular weight is 266 g/mol. The Labute approximate surface area is 113 Å². The predicted octanol–water partition coefficient (Wildman–Crippen LogP) is 1.87. The van der Waals surface area contributed by atoms with Crippen molar-refractivity contribution in [2.75, 3.05) is 12.3 Å². The second-order valence-electron chi connectivity index (χ2n) is 3.97. The van der Waals surface area contributed by atoms with E-state index in [1.165, 1.54) is 6.20 Å². The van der Waals surface area contributed by atoms with Gasteiger partial charge >= 0.3 is 0 Å². The summed E-state index contributed by atoms with van der Waals surface area (Å²) in [7, 11) is 0. The van der Waals surface area contributed by atoms with Gasteiger partial charge in [0.25, 0.3) is 5.91 Å². The maximum Gasteiger partial charge on any atom is 0.252 e. The Balaban J connectivity index is 2.15. The largest absolute Gasteiger partial charge is 0.352 e. The lowest BCUT2D eigenvalue weighted by Crippen LogP contribution is -2.24. The van der Waals surface area contributed by atoms with Crippen molar-refractivity contribution in [2.24, 2.45) is 0 Å². The highest BCUT2D eigenvalue weighted by Gasteiger charge is 2.05. The van der Waals surface area contributed by atoms with Gasteiger partial charge in [0, 0.05) is 31.8 Å². The number of amides is 1. The molecule has 1 aromatic heterocycles. The number of nitrogens with zero attached hydrogens (tertiary/aromatic N) is 1. The number of nitrogens with one attached hydrogen (secondary N) is 1. The summed E-state index contributed by atoms with van der Waals surface area (Å²) in [5.41, 5.74) is 0.541. The summed E-state index contributed by atoms with van der Waals surface area (Å²) < 4.78 is 0. The quantitative estimate of drug-likeness (QED) is 0.558. The van der Waals surface area contributed by atoms with Crippen molar-refractivity contribution in [1.29, 1.82) is 0 Å². The zero-order chi connectivity index (χ0) is 13.2. The molecule has 0 fully saturated rings. The molecule has 0 saturated heterocycles. The fraction of sp³-hybridized carbons (Fsp3) is 0.462. The Hall–Kier alpha value is -1.36. The third-order valence-corrected chi connectivity index (χ3v) is 2.77. The van der Waals surface area contributed by atoms with E-state index >= 15 is 0 Å². The Morgan fingerprint density at radius 3 is 2.72 bits per heavy atom. The first-order valence-electron chi connectivity index (χ1n) is 6.05. The molecule has 0 aliphatic carbocycles. The van der Waals surface area contributed by atoms with Crippen molar-refractivity contribution in [3.8, 4) is 0 Å². The van der Waals surface area contributed by atoms with Crippen molar-refractivity contribution >= 4 is 24.3 Å². The first kappa shape index (κ1) is 14.7. The Morgan fingerprint density at radius 2 is 2.06 bits per heavy atom. The van der Waals surface area contributed by atoms with Gasteiger partial charge in [-0.1, -0.05) is 0 Å². The molecule has 1 aromatic rings. The molecule has 1 rings (SSSR count). The Kier molecular flexibility index (Phi) is 7.10. The van der Waals surface area contributed by atoms with Crippen LogP contribution in [0.25, 0.3) is 0 Å². The maximum absolute atomic E-state index is 11.6. The van der Waals surface area contributed by atoms with Gasteiger partial charge < -0.3 is 5.32 Å². The highest BCUT2D eigenvalue weighted by molar-refractivity contribution is 7.80. The lowest BCUT2D eigenvalue weighted by Gasteiger charge is -2.04. The van der Waals surface area contributed by atoms with Crippen molar-refractivity contribution in [1.82, 2.24) is 10.3 Å². The van der Waals surface area contributed by atoms with Crippen LogP contribution in [0.2, 0.25) is 0 Å². The molecule has 0 bridgehead atoms. The number of hydrogen-bond acceptors (Lipinski definition) is 4. The zero-order valence-corrected chi connectivity index (χ0v) is 11.2. The number of Topliss-reactive ketones (excluding diaryl/α,β-unsaturated/α-hetero) is 1. The minimum Gasteiger partial charge on any atom is -0.352 e. The first-order valence-corrected chi connectivity index (χ1v) is 6.68. The number of thiol groups is 1. The summed E-state index contributed by atoms with van der Waals surface area (Å²) in [4.78, 5) is 26.8. The third kappa shape index (κ3) is 5.82. The molecule has 1 N–H and O–H groups in total. The number of hydrogen-bond donors (Lipinski definition) is 2. The van der Waals surface area contributed by atoms with Crippen LogP contribution in [-0.2, 0) is 4.79 Å². The molecule has 18 heavy (non-hydrogen) atoms. The Bertz CT molecular complexity index is 382. The van der Waals surface area contributed by atoms with Gasteiger partial charge in [0.05, 0.1) is 5.56 Å². The van der Waals surface area contributed by atoms with Crippen LogP contribution in [0.1, 0.15) is 36.0 Å². The van der Waals surface area contributed by atoms with E-state index in [2.05, 4.69) is 22.9 Å². The molecule has 5 heteroatoms. The summed E-state index contributed by atoms with van der Waals surface area (Å²) in [5, 5.41) is 2.76. The van der Waals surface area contributed by atoms with Crippen LogP contribution in [0.15, 0.2) is 24.5 Å². The van der Waals surface area contributed by atoms with E-state index in [9.17, 15) is 9.59 Å². The van der Waals surface area contributed by atoms with Crippen LogP contribution in [0.3, 0.4) is 0 Å².